The van der Waals surface area contributed by atoms with E-state index in [1.165, 1.54) is 49.5 Å². The molecule has 0 radical (unpaired) electrons. The minimum atomic E-state index is -3.81. The number of hydrogen-bond acceptors (Lipinski definition) is 3. The van der Waals surface area contributed by atoms with Crippen molar-refractivity contribution in [1.82, 2.24) is 5.32 Å². The molecule has 29 heavy (non-hydrogen) atoms. The molecule has 0 bridgehead atoms. The summed E-state index contributed by atoms with van der Waals surface area (Å²) in [5, 5.41) is 3.13. The van der Waals surface area contributed by atoms with E-state index in [1.54, 1.807) is 30.3 Å². The van der Waals surface area contributed by atoms with Crippen LogP contribution in [0.25, 0.3) is 0 Å². The average Bonchev–Trinajstić information content (AvgIpc) is 2.72. The zero-order valence-electron chi connectivity index (χ0n) is 15.5. The molecule has 0 aliphatic carbocycles. The van der Waals surface area contributed by atoms with Gasteiger partial charge >= 0.3 is 0 Å². The first-order valence-corrected chi connectivity index (χ1v) is 10.5. The summed E-state index contributed by atoms with van der Waals surface area (Å²) < 4.78 is 40.0. The van der Waals surface area contributed by atoms with Crippen LogP contribution in [0.4, 0.5) is 10.1 Å². The Morgan fingerprint density at radius 1 is 1.03 bits per heavy atom. The third kappa shape index (κ3) is 4.93. The zero-order chi connectivity index (χ0) is 21.0. The Balaban J connectivity index is 1.77. The van der Waals surface area contributed by atoms with E-state index in [-0.39, 0.29) is 22.8 Å². The van der Waals surface area contributed by atoms with E-state index in [1.807, 2.05) is 0 Å². The van der Waals surface area contributed by atoms with Crippen molar-refractivity contribution >= 4 is 33.2 Å². The maximum absolute atomic E-state index is 13.2. The van der Waals surface area contributed by atoms with Gasteiger partial charge in [0, 0.05) is 24.2 Å². The first-order valence-electron chi connectivity index (χ1n) is 8.64. The summed E-state index contributed by atoms with van der Waals surface area (Å²) in [6.07, 6.45) is 0. The molecule has 3 aromatic rings. The van der Waals surface area contributed by atoms with Crippen LogP contribution in [0.1, 0.15) is 15.9 Å². The third-order valence-corrected chi connectivity index (χ3v) is 6.34. The molecule has 0 aliphatic rings. The lowest BCUT2D eigenvalue weighted by atomic mass is 10.1. The molecular formula is C21H18ClFN2O3S. The lowest BCUT2D eigenvalue weighted by Gasteiger charge is -2.20. The molecule has 1 amide bonds. The first kappa shape index (κ1) is 20.8. The van der Waals surface area contributed by atoms with Crippen molar-refractivity contribution < 1.29 is 17.6 Å². The van der Waals surface area contributed by atoms with Crippen LogP contribution in [-0.2, 0) is 16.6 Å². The summed E-state index contributed by atoms with van der Waals surface area (Å²) in [5.41, 5.74) is 1.24. The number of anilines is 1. The Hall–Kier alpha value is -2.90. The van der Waals surface area contributed by atoms with Crippen LogP contribution >= 0.6 is 11.6 Å². The van der Waals surface area contributed by atoms with Gasteiger partial charge in [-0.1, -0.05) is 29.8 Å². The molecule has 3 rings (SSSR count). The molecule has 5 nitrogen and oxygen atoms in total. The monoisotopic (exact) mass is 432 g/mol. The fourth-order valence-electron chi connectivity index (χ4n) is 2.68. The number of nitrogens with zero attached hydrogens (tertiary/aromatic N) is 1. The van der Waals surface area contributed by atoms with Crippen LogP contribution in [0, 0.1) is 5.82 Å². The Bertz CT molecular complexity index is 1130. The van der Waals surface area contributed by atoms with Gasteiger partial charge < -0.3 is 5.32 Å². The number of carbonyl (C=O) groups is 1. The van der Waals surface area contributed by atoms with Gasteiger partial charge in [-0.25, -0.2) is 12.8 Å². The van der Waals surface area contributed by atoms with E-state index in [4.69, 9.17) is 11.6 Å². The highest BCUT2D eigenvalue weighted by atomic mass is 35.5. The molecule has 8 heteroatoms. The van der Waals surface area contributed by atoms with E-state index in [0.29, 0.717) is 16.3 Å². The summed E-state index contributed by atoms with van der Waals surface area (Å²) in [6.45, 7) is 0.153. The van der Waals surface area contributed by atoms with E-state index in [2.05, 4.69) is 5.32 Å². The first-order chi connectivity index (χ1) is 13.8. The summed E-state index contributed by atoms with van der Waals surface area (Å²) >= 11 is 5.82. The molecule has 3 aromatic carbocycles. The molecule has 0 aliphatic heterocycles. The van der Waals surface area contributed by atoms with Crippen molar-refractivity contribution in [3.63, 3.8) is 0 Å². The van der Waals surface area contributed by atoms with Crippen LogP contribution in [0.3, 0.4) is 0 Å². The molecule has 0 saturated heterocycles. The lowest BCUT2D eigenvalue weighted by molar-refractivity contribution is 0.0951. The van der Waals surface area contributed by atoms with Gasteiger partial charge in [-0.3, -0.25) is 9.10 Å². The van der Waals surface area contributed by atoms with Gasteiger partial charge in [0.15, 0.2) is 0 Å². The number of sulfonamides is 1. The zero-order valence-corrected chi connectivity index (χ0v) is 17.0. The minimum Gasteiger partial charge on any atom is -0.348 e. The lowest BCUT2D eigenvalue weighted by Crippen LogP contribution is -2.27. The van der Waals surface area contributed by atoms with Crippen molar-refractivity contribution in [3.8, 4) is 0 Å². The fourth-order valence-corrected chi connectivity index (χ4v) is 3.99. The quantitative estimate of drug-likeness (QED) is 0.633. The second-order valence-electron chi connectivity index (χ2n) is 6.29. The van der Waals surface area contributed by atoms with Gasteiger partial charge in [0.2, 0.25) is 0 Å². The molecule has 0 spiro atoms. The Morgan fingerprint density at radius 3 is 2.41 bits per heavy atom. The number of nitrogens with one attached hydrogen (secondary N) is 1. The van der Waals surface area contributed by atoms with Crippen molar-refractivity contribution in [1.29, 1.82) is 0 Å². The van der Waals surface area contributed by atoms with Crippen molar-refractivity contribution in [3.05, 3.63) is 94.8 Å². The third-order valence-electron chi connectivity index (χ3n) is 4.29. The second-order valence-corrected chi connectivity index (χ2v) is 8.70. The molecule has 0 heterocycles. The highest BCUT2D eigenvalue weighted by molar-refractivity contribution is 7.92. The van der Waals surface area contributed by atoms with Crippen molar-refractivity contribution in [2.45, 2.75) is 11.4 Å². The molecule has 0 aromatic heterocycles. The average molecular weight is 433 g/mol. The number of hydrogen-bond donors (Lipinski definition) is 1. The highest BCUT2D eigenvalue weighted by Crippen LogP contribution is 2.24. The number of carbonyl (C=O) groups excluding carboxylic acids is 1. The second kappa shape index (κ2) is 8.63. The van der Waals surface area contributed by atoms with Crippen LogP contribution in [0.5, 0.6) is 0 Å². The predicted molar refractivity (Wildman–Crippen MR) is 111 cm³/mol. The van der Waals surface area contributed by atoms with E-state index < -0.39 is 15.9 Å². The number of halogens is 2. The fraction of sp³-hybridized carbons (Fsp3) is 0.0952. The van der Waals surface area contributed by atoms with Gasteiger partial charge in [0.25, 0.3) is 15.9 Å². The number of rotatable bonds is 6. The van der Waals surface area contributed by atoms with Crippen molar-refractivity contribution in [2.75, 3.05) is 11.4 Å². The topological polar surface area (TPSA) is 66.5 Å². The molecular weight excluding hydrogens is 415 g/mol. The van der Waals surface area contributed by atoms with Crippen LogP contribution in [-0.4, -0.2) is 21.4 Å². The van der Waals surface area contributed by atoms with Gasteiger partial charge in [-0.05, 0) is 60.2 Å². The molecule has 0 unspecified atom stereocenters. The summed E-state index contributed by atoms with van der Waals surface area (Å²) in [5.74, 6) is -0.777. The maximum atomic E-state index is 13.2. The minimum absolute atomic E-state index is 0.0883. The van der Waals surface area contributed by atoms with Gasteiger partial charge in [-0.15, -0.1) is 0 Å². The van der Waals surface area contributed by atoms with E-state index >= 15 is 0 Å². The summed E-state index contributed by atoms with van der Waals surface area (Å²) in [6, 6.07) is 18.0. The Morgan fingerprint density at radius 2 is 1.72 bits per heavy atom. The number of amides is 1. The van der Waals surface area contributed by atoms with E-state index in [0.717, 1.165) is 4.31 Å². The van der Waals surface area contributed by atoms with E-state index in [9.17, 15) is 17.6 Å². The normalized spacial score (nSPS) is 11.1. The molecule has 0 fully saturated rings. The largest absolute Gasteiger partial charge is 0.348 e. The van der Waals surface area contributed by atoms with Gasteiger partial charge in [-0.2, -0.15) is 0 Å². The van der Waals surface area contributed by atoms with Crippen molar-refractivity contribution in [2.24, 2.45) is 0 Å². The summed E-state index contributed by atoms with van der Waals surface area (Å²) in [4.78, 5) is 12.5. The molecule has 0 saturated carbocycles. The standard InChI is InChI=1S/C21H18ClFN2O3S/c1-25(29(27,28)20-10-8-17(22)9-11-20)19-7-3-5-16(13-19)21(26)24-14-15-4-2-6-18(23)12-15/h2-13H,14H2,1H3,(H,24,26). The molecule has 150 valence electrons. The van der Waals surface area contributed by atoms with Crippen LogP contribution in [0.2, 0.25) is 5.02 Å². The summed E-state index contributed by atoms with van der Waals surface area (Å²) in [7, 11) is -2.40. The van der Waals surface area contributed by atoms with Gasteiger partial charge in [0.05, 0.1) is 10.6 Å². The SMILES string of the molecule is CN(c1cccc(C(=O)NCc2cccc(F)c2)c1)S(=O)(=O)c1ccc(Cl)cc1. The Kier molecular flexibility index (Phi) is 6.20. The van der Waals surface area contributed by atoms with Gasteiger partial charge in [0.1, 0.15) is 5.82 Å². The predicted octanol–water partition coefficient (Wildman–Crippen LogP) is 4.23. The van der Waals surface area contributed by atoms with Crippen LogP contribution < -0.4 is 9.62 Å². The van der Waals surface area contributed by atoms with Crippen LogP contribution in [0.15, 0.2) is 77.7 Å². The maximum Gasteiger partial charge on any atom is 0.264 e. The molecule has 0 atom stereocenters. The molecule has 1 N–H and O–H groups in total. The Labute approximate surface area is 173 Å². The number of benzene rings is 3. The highest BCUT2D eigenvalue weighted by Gasteiger charge is 2.22. The smallest absolute Gasteiger partial charge is 0.264 e.